The van der Waals surface area contributed by atoms with E-state index in [4.69, 9.17) is 11.6 Å². The molecule has 168 valence electrons. The summed E-state index contributed by atoms with van der Waals surface area (Å²) < 4.78 is 0. The van der Waals surface area contributed by atoms with Crippen LogP contribution in [0.5, 0.6) is 0 Å². The first kappa shape index (κ1) is 24.2. The molecule has 0 saturated heterocycles. The van der Waals surface area contributed by atoms with E-state index in [0.29, 0.717) is 34.2 Å². The van der Waals surface area contributed by atoms with Crippen molar-refractivity contribution in [2.45, 2.75) is 25.8 Å². The Kier molecular flexibility index (Phi) is 8.26. The summed E-state index contributed by atoms with van der Waals surface area (Å²) in [6.07, 6.45) is 1.68. The Morgan fingerprint density at radius 2 is 1.88 bits per heavy atom. The van der Waals surface area contributed by atoms with Gasteiger partial charge in [-0.05, 0) is 49.4 Å². The largest absolute Gasteiger partial charge is 0.326 e. The number of aryl methyl sites for hydroxylation is 1. The van der Waals surface area contributed by atoms with Crippen LogP contribution >= 0.6 is 35.3 Å². The summed E-state index contributed by atoms with van der Waals surface area (Å²) in [5.74, 6) is -0.305. The Hall–Kier alpha value is -2.45. The highest BCUT2D eigenvalue weighted by Crippen LogP contribution is 2.26. The van der Waals surface area contributed by atoms with Gasteiger partial charge in [0.05, 0.1) is 5.69 Å². The van der Waals surface area contributed by atoms with Gasteiger partial charge in [-0.3, -0.25) is 9.59 Å². The first-order valence-corrected chi connectivity index (χ1v) is 11.3. The van der Waals surface area contributed by atoms with Gasteiger partial charge in [0.1, 0.15) is 0 Å². The molecule has 1 aromatic heterocycles. The van der Waals surface area contributed by atoms with Gasteiger partial charge in [0, 0.05) is 47.2 Å². The number of amides is 2. The lowest BCUT2D eigenvalue weighted by Gasteiger charge is -2.20. The van der Waals surface area contributed by atoms with Crippen molar-refractivity contribution in [3.8, 4) is 0 Å². The van der Waals surface area contributed by atoms with Crippen LogP contribution in [0.2, 0.25) is 5.02 Å². The number of hydrogen-bond acceptors (Lipinski definition) is 5. The number of hydrogen-bond donors (Lipinski definition) is 2. The molecule has 9 heteroatoms. The lowest BCUT2D eigenvalue weighted by molar-refractivity contribution is -0.116. The number of anilines is 2. The number of nitrogens with zero attached hydrogens (tertiary/aromatic N) is 2. The topological polar surface area (TPSA) is 74.3 Å². The van der Waals surface area contributed by atoms with Gasteiger partial charge in [-0.15, -0.1) is 23.7 Å². The third-order valence-corrected chi connectivity index (χ3v) is 6.46. The zero-order valence-electron chi connectivity index (χ0n) is 17.6. The number of thiazole rings is 1. The standard InChI is InChI=1S/C23H23ClN4O2S.ClH/c1-28-13-12-19-20(14-28)31-23(27-19)22(30)26-18-5-3-2-4-15(18)6-11-21(29)25-17-9-7-16(24)8-10-17;/h2-5,7-10H,6,11-14H2,1H3,(H,25,29)(H,26,30);1H. The fraction of sp³-hybridized carbons (Fsp3) is 0.261. The maximum absolute atomic E-state index is 12.8. The summed E-state index contributed by atoms with van der Waals surface area (Å²) in [4.78, 5) is 33.1. The SMILES string of the molecule is CN1CCc2nc(C(=O)Nc3ccccc3CCC(=O)Nc3ccc(Cl)cc3)sc2C1.Cl. The molecule has 0 radical (unpaired) electrons. The number of rotatable bonds is 6. The van der Waals surface area contributed by atoms with E-state index in [-0.39, 0.29) is 24.2 Å². The number of halogens is 2. The quantitative estimate of drug-likeness (QED) is 0.507. The van der Waals surface area contributed by atoms with Crippen LogP contribution < -0.4 is 10.6 Å². The van der Waals surface area contributed by atoms with Crippen LogP contribution in [0.3, 0.4) is 0 Å². The zero-order valence-corrected chi connectivity index (χ0v) is 19.9. The lowest BCUT2D eigenvalue weighted by atomic mass is 10.1. The van der Waals surface area contributed by atoms with Crippen LogP contribution in [0.25, 0.3) is 0 Å². The van der Waals surface area contributed by atoms with Crippen LogP contribution in [-0.2, 0) is 24.2 Å². The molecule has 32 heavy (non-hydrogen) atoms. The van der Waals surface area contributed by atoms with E-state index in [0.717, 1.165) is 35.6 Å². The smallest absolute Gasteiger partial charge is 0.284 e. The summed E-state index contributed by atoms with van der Waals surface area (Å²) in [7, 11) is 2.07. The number of nitrogens with one attached hydrogen (secondary N) is 2. The number of aromatic nitrogens is 1. The van der Waals surface area contributed by atoms with Crippen molar-refractivity contribution < 1.29 is 9.59 Å². The van der Waals surface area contributed by atoms with E-state index in [1.807, 2.05) is 24.3 Å². The molecular weight excluding hydrogens is 467 g/mol. The summed E-state index contributed by atoms with van der Waals surface area (Å²) in [6, 6.07) is 14.5. The molecule has 2 heterocycles. The van der Waals surface area contributed by atoms with Gasteiger partial charge in [-0.25, -0.2) is 4.98 Å². The maximum atomic E-state index is 12.8. The Bertz CT molecular complexity index is 1100. The average Bonchev–Trinajstić information content (AvgIpc) is 3.18. The van der Waals surface area contributed by atoms with Gasteiger partial charge in [-0.1, -0.05) is 29.8 Å². The first-order chi connectivity index (χ1) is 15.0. The number of fused-ring (bicyclic) bond motifs is 1. The molecule has 1 aliphatic heterocycles. The predicted octanol–water partition coefficient (Wildman–Crippen LogP) is 5.03. The zero-order chi connectivity index (χ0) is 21.8. The molecule has 0 bridgehead atoms. The third kappa shape index (κ3) is 6.07. The summed E-state index contributed by atoms with van der Waals surface area (Å²) in [5.41, 5.74) is 3.34. The fourth-order valence-corrected chi connectivity index (χ4v) is 4.67. The van der Waals surface area contributed by atoms with Crippen molar-refractivity contribution in [1.29, 1.82) is 0 Å². The maximum Gasteiger partial charge on any atom is 0.284 e. The number of carbonyl (C=O) groups is 2. The number of benzene rings is 2. The van der Waals surface area contributed by atoms with Crippen molar-refractivity contribution >= 4 is 58.5 Å². The van der Waals surface area contributed by atoms with Crippen LogP contribution in [0.1, 0.15) is 32.4 Å². The molecule has 0 unspecified atom stereocenters. The highest BCUT2D eigenvalue weighted by molar-refractivity contribution is 7.13. The van der Waals surface area contributed by atoms with E-state index in [1.54, 1.807) is 24.3 Å². The highest BCUT2D eigenvalue weighted by atomic mass is 35.5. The molecule has 0 fully saturated rings. The van der Waals surface area contributed by atoms with Gasteiger partial charge in [-0.2, -0.15) is 0 Å². The van der Waals surface area contributed by atoms with E-state index >= 15 is 0 Å². The van der Waals surface area contributed by atoms with Gasteiger partial charge < -0.3 is 15.5 Å². The second-order valence-corrected chi connectivity index (χ2v) is 9.06. The van der Waals surface area contributed by atoms with E-state index in [9.17, 15) is 9.59 Å². The summed E-state index contributed by atoms with van der Waals surface area (Å²) in [6.45, 7) is 1.79. The fourth-order valence-electron chi connectivity index (χ4n) is 3.46. The van der Waals surface area contributed by atoms with Crippen LogP contribution in [0.15, 0.2) is 48.5 Å². The molecule has 0 spiro atoms. The van der Waals surface area contributed by atoms with Crippen molar-refractivity contribution in [2.75, 3.05) is 24.2 Å². The van der Waals surface area contributed by atoms with E-state index in [2.05, 4.69) is 27.6 Å². The first-order valence-electron chi connectivity index (χ1n) is 10.1. The summed E-state index contributed by atoms with van der Waals surface area (Å²) in [5, 5.41) is 6.94. The summed E-state index contributed by atoms with van der Waals surface area (Å²) >= 11 is 7.33. The molecular formula is C23H24Cl2N4O2S. The lowest BCUT2D eigenvalue weighted by Crippen LogP contribution is -2.25. The molecule has 1 aliphatic rings. The van der Waals surface area contributed by atoms with Gasteiger partial charge in [0.25, 0.3) is 5.91 Å². The molecule has 2 N–H and O–H groups in total. The molecule has 2 aromatic carbocycles. The Labute approximate surface area is 202 Å². The van der Waals surface area contributed by atoms with Crippen LogP contribution in [0, 0.1) is 0 Å². The van der Waals surface area contributed by atoms with Crippen molar-refractivity contribution in [2.24, 2.45) is 0 Å². The minimum absolute atomic E-state index is 0. The number of likely N-dealkylation sites (N-methyl/N-ethyl adjacent to an activating group) is 1. The number of carbonyl (C=O) groups excluding carboxylic acids is 2. The normalized spacial score (nSPS) is 13.1. The predicted molar refractivity (Wildman–Crippen MR) is 132 cm³/mol. The average molecular weight is 491 g/mol. The second kappa shape index (κ2) is 10.9. The van der Waals surface area contributed by atoms with Gasteiger partial charge in [0.2, 0.25) is 5.91 Å². The second-order valence-electron chi connectivity index (χ2n) is 7.54. The van der Waals surface area contributed by atoms with E-state index < -0.39 is 0 Å². The molecule has 0 saturated carbocycles. The van der Waals surface area contributed by atoms with Crippen LogP contribution in [-0.4, -0.2) is 35.3 Å². The Morgan fingerprint density at radius 3 is 2.66 bits per heavy atom. The molecule has 3 aromatic rings. The van der Waals surface area contributed by atoms with Crippen molar-refractivity contribution in [3.05, 3.63) is 74.7 Å². The molecule has 4 rings (SSSR count). The molecule has 0 atom stereocenters. The minimum atomic E-state index is -0.208. The Balaban J connectivity index is 0.00000289. The monoisotopic (exact) mass is 490 g/mol. The van der Waals surface area contributed by atoms with Crippen molar-refractivity contribution in [1.82, 2.24) is 9.88 Å². The molecule has 2 amide bonds. The third-order valence-electron chi connectivity index (χ3n) is 5.13. The molecule has 6 nitrogen and oxygen atoms in total. The van der Waals surface area contributed by atoms with E-state index in [1.165, 1.54) is 11.3 Å². The van der Waals surface area contributed by atoms with Crippen molar-refractivity contribution in [3.63, 3.8) is 0 Å². The highest BCUT2D eigenvalue weighted by Gasteiger charge is 2.21. The van der Waals surface area contributed by atoms with Crippen LogP contribution in [0.4, 0.5) is 11.4 Å². The Morgan fingerprint density at radius 1 is 1.12 bits per heavy atom. The van der Waals surface area contributed by atoms with Gasteiger partial charge >= 0.3 is 0 Å². The molecule has 0 aliphatic carbocycles. The van der Waals surface area contributed by atoms with Gasteiger partial charge in [0.15, 0.2) is 5.01 Å². The minimum Gasteiger partial charge on any atom is -0.326 e. The number of para-hydroxylation sites is 1.